The van der Waals surface area contributed by atoms with Crippen LogP contribution in [-0.2, 0) is 43.3 Å². The Morgan fingerprint density at radius 1 is 0.829 bits per heavy atom. The van der Waals surface area contributed by atoms with Crippen molar-refractivity contribution in [2.75, 3.05) is 57.1 Å². The average molecular weight is 647 g/mol. The van der Waals surface area contributed by atoms with E-state index in [-0.39, 0.29) is 44.3 Å². The molecule has 15 nitrogen and oxygen atoms in total. The summed E-state index contributed by atoms with van der Waals surface area (Å²) in [6.07, 6.45) is -2.23. The third-order valence-corrected chi connectivity index (χ3v) is 9.03. The summed E-state index contributed by atoms with van der Waals surface area (Å²) in [4.78, 5) is 37.1. The zero-order valence-electron chi connectivity index (χ0n) is 23.7. The second-order valence-corrected chi connectivity index (χ2v) is 17.0. The van der Waals surface area contributed by atoms with Crippen LogP contribution in [0.25, 0.3) is 0 Å². The van der Waals surface area contributed by atoms with E-state index in [1.807, 2.05) is 0 Å². The maximum Gasteiger partial charge on any atom is 0.233 e. The number of thioether (sulfide) groups is 1. The molecule has 2 fully saturated rings. The molecule has 41 heavy (non-hydrogen) atoms. The molecule has 0 aromatic heterocycles. The van der Waals surface area contributed by atoms with Crippen LogP contribution in [0.3, 0.4) is 0 Å². The van der Waals surface area contributed by atoms with Gasteiger partial charge < -0.3 is 40.5 Å². The fraction of sp³-hybridized carbons (Fsp3) is 0.870. The molecule has 0 aromatic rings. The highest BCUT2D eigenvalue weighted by Crippen LogP contribution is 2.21. The van der Waals surface area contributed by atoms with Crippen LogP contribution in [0.4, 0.5) is 0 Å². The topological polar surface area (TPSA) is 234 Å². The molecule has 0 bridgehead atoms. The molecule has 238 valence electrons. The standard InChI is InChI=1S/C23H42N4O11S3/c1-12(28)11-39-17(23(34)25-8-16-22(33)20(31)14(10-38-16)27-41(4,5)36)6-18(29)24-7-15-21(32)19(30)13(9-37-15)26-40(2,3)35/h13-17,19-22,30-33H,6-11H2,1-5H3,(H,24,29)(H,25,34)/t13-,14-,15+,16?,17?,19+,20+,21-,22-/m0/s1. The predicted octanol–water partition coefficient (Wildman–Crippen LogP) is -3.27. The number of hydrogen-bond acceptors (Lipinski definition) is 14. The largest absolute Gasteiger partial charge is 0.388 e. The molecule has 0 radical (unpaired) electrons. The van der Waals surface area contributed by atoms with Gasteiger partial charge in [-0.25, -0.2) is 8.73 Å². The maximum absolute atomic E-state index is 12.9. The summed E-state index contributed by atoms with van der Waals surface area (Å²) in [5.74, 6) is -1.44. The predicted molar refractivity (Wildman–Crippen MR) is 153 cm³/mol. The van der Waals surface area contributed by atoms with E-state index in [1.54, 1.807) is 0 Å². The Hall–Kier alpha value is -1.38. The summed E-state index contributed by atoms with van der Waals surface area (Å²) in [6.45, 7) is 0.730. The minimum Gasteiger partial charge on any atom is -0.388 e. The first-order chi connectivity index (χ1) is 18.9. The van der Waals surface area contributed by atoms with Crippen molar-refractivity contribution in [2.45, 2.75) is 67.3 Å². The Labute approximate surface area is 244 Å². The molecular formula is C23H42N4O11S3. The van der Waals surface area contributed by atoms with Gasteiger partial charge in [0.1, 0.15) is 54.5 Å². The molecule has 2 rings (SSSR count). The molecule has 0 spiro atoms. The lowest BCUT2D eigenvalue weighted by Gasteiger charge is -2.36. The van der Waals surface area contributed by atoms with Crippen molar-refractivity contribution in [3.8, 4) is 0 Å². The van der Waals surface area contributed by atoms with Gasteiger partial charge in [-0.1, -0.05) is 0 Å². The fourth-order valence-electron chi connectivity index (χ4n) is 4.15. The number of carbonyl (C=O) groups is 3. The number of ether oxygens (including phenoxy) is 2. The van der Waals surface area contributed by atoms with Gasteiger partial charge in [-0.05, 0) is 6.92 Å². The van der Waals surface area contributed by atoms with Crippen LogP contribution in [0.5, 0.6) is 0 Å². The molecule has 9 atom stereocenters. The Balaban J connectivity index is 1.93. The van der Waals surface area contributed by atoms with E-state index in [1.165, 1.54) is 31.9 Å². The Kier molecular flexibility index (Phi) is 13.4. The lowest BCUT2D eigenvalue weighted by atomic mass is 9.98. The van der Waals surface area contributed by atoms with Gasteiger partial charge in [0, 0.05) is 64.0 Å². The Bertz CT molecular complexity index is 1170. The number of Topliss-reactive ketones (excluding diaryl/α,β-unsaturated/α-hetero) is 1. The highest BCUT2D eigenvalue weighted by molar-refractivity contribution is 8.01. The monoisotopic (exact) mass is 646 g/mol. The van der Waals surface area contributed by atoms with Gasteiger partial charge >= 0.3 is 0 Å². The summed E-state index contributed by atoms with van der Waals surface area (Å²) < 4.78 is 42.8. The van der Waals surface area contributed by atoms with Gasteiger partial charge in [-0.2, -0.15) is 0 Å². The maximum atomic E-state index is 12.9. The molecule has 2 heterocycles. The number of aliphatic hydroxyl groups is 4. The SMILES string of the molecule is CC(=O)CSC(CC(=O)NC[C@H]1OC[C@H](N=S(C)(C)=O)[C@@H](O)[C@H]1O)C(=O)NCC1OC[C@H](N=S(C)(C)=O)[C@@H](O)[C@H]1O. The van der Waals surface area contributed by atoms with Gasteiger partial charge in [-0.15, -0.1) is 11.8 Å². The van der Waals surface area contributed by atoms with Crippen LogP contribution in [0.2, 0.25) is 0 Å². The summed E-state index contributed by atoms with van der Waals surface area (Å²) in [7, 11) is -5.09. The van der Waals surface area contributed by atoms with Gasteiger partial charge in [0.2, 0.25) is 11.8 Å². The van der Waals surface area contributed by atoms with Crippen LogP contribution in [-0.4, -0.2) is 157 Å². The van der Waals surface area contributed by atoms with Crippen molar-refractivity contribution in [1.29, 1.82) is 0 Å². The highest BCUT2D eigenvalue weighted by Gasteiger charge is 2.40. The Morgan fingerprint density at radius 2 is 1.27 bits per heavy atom. The van der Waals surface area contributed by atoms with E-state index in [4.69, 9.17) is 9.47 Å². The molecule has 2 unspecified atom stereocenters. The second-order valence-electron chi connectivity index (χ2n) is 10.7. The lowest BCUT2D eigenvalue weighted by Crippen LogP contribution is -2.56. The molecule has 2 aliphatic rings. The zero-order valence-corrected chi connectivity index (χ0v) is 26.2. The highest BCUT2D eigenvalue weighted by atomic mass is 32.2. The first kappa shape index (κ1) is 35.8. The molecule has 0 saturated carbocycles. The number of carbonyl (C=O) groups excluding carboxylic acids is 3. The van der Waals surface area contributed by atoms with Gasteiger partial charge in [0.25, 0.3) is 0 Å². The zero-order chi connectivity index (χ0) is 31.1. The smallest absolute Gasteiger partial charge is 0.233 e. The lowest BCUT2D eigenvalue weighted by molar-refractivity contribution is -0.145. The van der Waals surface area contributed by atoms with Crippen molar-refractivity contribution in [3.63, 3.8) is 0 Å². The van der Waals surface area contributed by atoms with E-state index in [0.29, 0.717) is 0 Å². The number of nitrogens with one attached hydrogen (secondary N) is 2. The van der Waals surface area contributed by atoms with Crippen molar-refractivity contribution < 1.29 is 52.7 Å². The van der Waals surface area contributed by atoms with E-state index < -0.39 is 85.2 Å². The van der Waals surface area contributed by atoms with Crippen LogP contribution in [0.1, 0.15) is 13.3 Å². The van der Waals surface area contributed by atoms with E-state index in [0.717, 1.165) is 11.8 Å². The van der Waals surface area contributed by atoms with Gasteiger partial charge in [0.05, 0.1) is 24.2 Å². The first-order valence-corrected chi connectivity index (χ1v) is 18.5. The van der Waals surface area contributed by atoms with Crippen molar-refractivity contribution >= 4 is 48.8 Å². The number of aliphatic hydroxyl groups excluding tert-OH is 4. The summed E-state index contributed by atoms with van der Waals surface area (Å²) in [6, 6.07) is -1.78. The first-order valence-electron chi connectivity index (χ1n) is 12.8. The molecule has 0 aromatic carbocycles. The third kappa shape index (κ3) is 12.0. The third-order valence-electron chi connectivity index (χ3n) is 6.12. The number of rotatable bonds is 12. The van der Waals surface area contributed by atoms with Crippen molar-refractivity contribution in [2.24, 2.45) is 8.73 Å². The van der Waals surface area contributed by atoms with Crippen molar-refractivity contribution in [3.05, 3.63) is 0 Å². The van der Waals surface area contributed by atoms with Crippen LogP contribution >= 0.6 is 11.8 Å². The molecule has 2 amide bonds. The van der Waals surface area contributed by atoms with Crippen LogP contribution in [0.15, 0.2) is 8.73 Å². The molecule has 18 heteroatoms. The number of nitrogens with zero attached hydrogens (tertiary/aromatic N) is 2. The number of amides is 2. The Morgan fingerprint density at radius 3 is 1.68 bits per heavy atom. The normalized spacial score (nSPS) is 31.5. The van der Waals surface area contributed by atoms with Crippen molar-refractivity contribution in [1.82, 2.24) is 10.6 Å². The minimum atomic E-state index is -2.55. The van der Waals surface area contributed by atoms with Crippen LogP contribution in [0, 0.1) is 0 Å². The van der Waals surface area contributed by atoms with Crippen LogP contribution < -0.4 is 10.6 Å². The fourth-order valence-corrected chi connectivity index (χ4v) is 6.76. The second kappa shape index (κ2) is 15.4. The molecule has 0 aliphatic carbocycles. The van der Waals surface area contributed by atoms with E-state index in [2.05, 4.69) is 19.4 Å². The van der Waals surface area contributed by atoms with Gasteiger partial charge in [-0.3, -0.25) is 22.8 Å². The molecule has 6 N–H and O–H groups in total. The summed E-state index contributed by atoms with van der Waals surface area (Å²) >= 11 is 0.946. The van der Waals surface area contributed by atoms with E-state index in [9.17, 15) is 43.2 Å². The molecule has 2 aliphatic heterocycles. The van der Waals surface area contributed by atoms with Gasteiger partial charge in [0.15, 0.2) is 0 Å². The summed E-state index contributed by atoms with van der Waals surface area (Å²) in [5, 5.41) is 45.6. The average Bonchev–Trinajstić information content (AvgIpc) is 2.84. The van der Waals surface area contributed by atoms with E-state index >= 15 is 0 Å². The molecular weight excluding hydrogens is 604 g/mol. The quantitative estimate of drug-likeness (QED) is 0.123. The number of hydrogen-bond donors (Lipinski definition) is 6. The molecule has 2 saturated heterocycles. The number of ketones is 1. The summed E-state index contributed by atoms with van der Waals surface area (Å²) in [5.41, 5.74) is 0. The minimum absolute atomic E-state index is 0.0390.